The first-order chi connectivity index (χ1) is 9.61. The van der Waals surface area contributed by atoms with Crippen LogP contribution in [0.2, 0.25) is 0 Å². The van der Waals surface area contributed by atoms with Crippen molar-refractivity contribution in [1.29, 1.82) is 0 Å². The number of hydrogen-bond donors (Lipinski definition) is 2. The lowest BCUT2D eigenvalue weighted by Crippen LogP contribution is -2.41. The predicted octanol–water partition coefficient (Wildman–Crippen LogP) is 1.20. The van der Waals surface area contributed by atoms with Crippen LogP contribution in [0, 0.1) is 0 Å². The lowest BCUT2D eigenvalue weighted by molar-refractivity contribution is 0.181. The van der Waals surface area contributed by atoms with Gasteiger partial charge in [-0.3, -0.25) is 4.79 Å². The van der Waals surface area contributed by atoms with Crippen LogP contribution in [-0.2, 0) is 11.3 Å². The summed E-state index contributed by atoms with van der Waals surface area (Å²) in [7, 11) is 1.61. The average Bonchev–Trinajstić information content (AvgIpc) is 2.43. The second kappa shape index (κ2) is 7.19. The van der Waals surface area contributed by atoms with Gasteiger partial charge in [0.15, 0.2) is 0 Å². The Kier molecular flexibility index (Phi) is 5.56. The highest BCUT2D eigenvalue weighted by Crippen LogP contribution is 2.20. The third-order valence-corrected chi connectivity index (χ3v) is 4.24. The Morgan fingerprint density at radius 2 is 2.45 bits per heavy atom. The molecular formula is C13H21BrN4O2. The molecule has 1 fully saturated rings. The van der Waals surface area contributed by atoms with E-state index in [9.17, 15) is 4.79 Å². The first-order valence-electron chi connectivity index (χ1n) is 6.86. The number of hydrogen-bond acceptors (Lipinski definition) is 5. The van der Waals surface area contributed by atoms with E-state index in [-0.39, 0.29) is 5.56 Å². The number of nitrogens with one attached hydrogen (secondary N) is 2. The minimum atomic E-state index is -0.131. The van der Waals surface area contributed by atoms with Crippen molar-refractivity contribution in [2.75, 3.05) is 25.6 Å². The Hall–Kier alpha value is -0.920. The summed E-state index contributed by atoms with van der Waals surface area (Å²) in [5.41, 5.74) is 0.636. The molecule has 1 aliphatic heterocycles. The molecule has 1 aliphatic rings. The van der Waals surface area contributed by atoms with Crippen LogP contribution in [-0.4, -0.2) is 42.1 Å². The standard InChI is InChI=1S/C13H21BrN4O2/c1-9-7-10(3-4-15-9)17-11-8-16-18(5-6-20-2)13(19)12(11)14/h8-10,15,17H,3-7H2,1-2H3. The smallest absolute Gasteiger partial charge is 0.283 e. The van der Waals surface area contributed by atoms with Crippen molar-refractivity contribution >= 4 is 21.6 Å². The molecule has 0 bridgehead atoms. The monoisotopic (exact) mass is 344 g/mol. The van der Waals surface area contributed by atoms with Gasteiger partial charge in [-0.15, -0.1) is 0 Å². The number of methoxy groups -OCH3 is 1. The summed E-state index contributed by atoms with van der Waals surface area (Å²) in [4.78, 5) is 12.1. The van der Waals surface area contributed by atoms with E-state index in [1.807, 2.05) is 0 Å². The van der Waals surface area contributed by atoms with Gasteiger partial charge in [-0.05, 0) is 42.2 Å². The van der Waals surface area contributed by atoms with E-state index in [1.165, 1.54) is 4.68 Å². The van der Waals surface area contributed by atoms with Crippen LogP contribution in [0.25, 0.3) is 0 Å². The van der Waals surface area contributed by atoms with Crippen LogP contribution >= 0.6 is 15.9 Å². The van der Waals surface area contributed by atoms with Crippen LogP contribution in [0.15, 0.2) is 15.5 Å². The molecule has 0 saturated carbocycles. The molecule has 2 unspecified atom stereocenters. The van der Waals surface area contributed by atoms with E-state index in [0.29, 0.717) is 29.7 Å². The molecule has 1 aromatic rings. The van der Waals surface area contributed by atoms with Crippen molar-refractivity contribution < 1.29 is 4.74 Å². The van der Waals surface area contributed by atoms with Gasteiger partial charge in [-0.1, -0.05) is 0 Å². The maximum Gasteiger partial charge on any atom is 0.283 e. The van der Waals surface area contributed by atoms with Crippen molar-refractivity contribution in [3.05, 3.63) is 21.0 Å². The molecule has 2 heterocycles. The number of halogens is 1. The molecule has 1 aromatic heterocycles. The minimum Gasteiger partial charge on any atom is -0.383 e. The fourth-order valence-corrected chi connectivity index (χ4v) is 2.81. The third-order valence-electron chi connectivity index (χ3n) is 3.48. The van der Waals surface area contributed by atoms with Crippen LogP contribution in [0.4, 0.5) is 5.69 Å². The van der Waals surface area contributed by atoms with Crippen molar-refractivity contribution in [1.82, 2.24) is 15.1 Å². The Labute approximate surface area is 127 Å². The Morgan fingerprint density at radius 1 is 1.65 bits per heavy atom. The van der Waals surface area contributed by atoms with Crippen molar-refractivity contribution in [3.8, 4) is 0 Å². The molecule has 2 atom stereocenters. The van der Waals surface area contributed by atoms with E-state index in [4.69, 9.17) is 4.74 Å². The van der Waals surface area contributed by atoms with Crippen LogP contribution in [0.3, 0.4) is 0 Å². The van der Waals surface area contributed by atoms with Crippen molar-refractivity contribution in [3.63, 3.8) is 0 Å². The Morgan fingerprint density at radius 3 is 3.15 bits per heavy atom. The van der Waals surface area contributed by atoms with Gasteiger partial charge in [0.2, 0.25) is 0 Å². The van der Waals surface area contributed by atoms with E-state index in [1.54, 1.807) is 13.3 Å². The second-order valence-corrected chi connectivity index (χ2v) is 5.91. The van der Waals surface area contributed by atoms with Crippen molar-refractivity contribution in [2.45, 2.75) is 38.4 Å². The highest BCUT2D eigenvalue weighted by atomic mass is 79.9. The fourth-order valence-electron chi connectivity index (χ4n) is 2.39. The molecule has 7 heteroatoms. The zero-order valence-electron chi connectivity index (χ0n) is 11.9. The number of anilines is 1. The molecule has 0 amide bonds. The van der Waals surface area contributed by atoms with Gasteiger partial charge >= 0.3 is 0 Å². The lowest BCUT2D eigenvalue weighted by Gasteiger charge is -2.29. The number of rotatable bonds is 5. The molecule has 20 heavy (non-hydrogen) atoms. The average molecular weight is 345 g/mol. The Bertz CT molecular complexity index is 506. The SMILES string of the molecule is COCCn1ncc(NC2CCNC(C)C2)c(Br)c1=O. The van der Waals surface area contributed by atoms with Gasteiger partial charge in [0, 0.05) is 19.2 Å². The number of piperidine rings is 1. The van der Waals surface area contributed by atoms with Crippen LogP contribution in [0.1, 0.15) is 19.8 Å². The zero-order valence-corrected chi connectivity index (χ0v) is 13.4. The molecule has 0 spiro atoms. The number of aromatic nitrogens is 2. The summed E-state index contributed by atoms with van der Waals surface area (Å²) >= 11 is 3.37. The first-order valence-corrected chi connectivity index (χ1v) is 7.65. The zero-order chi connectivity index (χ0) is 14.5. The molecular weight excluding hydrogens is 324 g/mol. The molecule has 2 rings (SSSR count). The van der Waals surface area contributed by atoms with Gasteiger partial charge < -0.3 is 15.4 Å². The third kappa shape index (κ3) is 3.80. The fraction of sp³-hybridized carbons (Fsp3) is 0.692. The molecule has 1 saturated heterocycles. The lowest BCUT2D eigenvalue weighted by atomic mass is 10.0. The minimum absolute atomic E-state index is 0.131. The highest BCUT2D eigenvalue weighted by Gasteiger charge is 2.19. The summed E-state index contributed by atoms with van der Waals surface area (Å²) in [5, 5.41) is 11.0. The first kappa shape index (κ1) is 15.5. The van der Waals surface area contributed by atoms with Gasteiger partial charge in [-0.25, -0.2) is 4.68 Å². The van der Waals surface area contributed by atoms with E-state index in [2.05, 4.69) is 38.6 Å². The molecule has 0 aliphatic carbocycles. The summed E-state index contributed by atoms with van der Waals surface area (Å²) in [6.07, 6.45) is 3.79. The maximum atomic E-state index is 12.1. The van der Waals surface area contributed by atoms with Gasteiger partial charge in [0.1, 0.15) is 4.47 Å². The van der Waals surface area contributed by atoms with Gasteiger partial charge in [0.25, 0.3) is 5.56 Å². The van der Waals surface area contributed by atoms with Crippen LogP contribution < -0.4 is 16.2 Å². The topological polar surface area (TPSA) is 68.2 Å². The molecule has 2 N–H and O–H groups in total. The molecule has 0 aromatic carbocycles. The predicted molar refractivity (Wildman–Crippen MR) is 82.2 cm³/mol. The molecule has 0 radical (unpaired) electrons. The van der Waals surface area contributed by atoms with E-state index in [0.717, 1.165) is 25.1 Å². The largest absolute Gasteiger partial charge is 0.383 e. The van der Waals surface area contributed by atoms with Gasteiger partial charge in [-0.2, -0.15) is 5.10 Å². The van der Waals surface area contributed by atoms with Crippen LogP contribution in [0.5, 0.6) is 0 Å². The molecule has 6 nitrogen and oxygen atoms in total. The summed E-state index contributed by atoms with van der Waals surface area (Å²) in [5.74, 6) is 0. The van der Waals surface area contributed by atoms with E-state index < -0.39 is 0 Å². The maximum absolute atomic E-state index is 12.1. The Balaban J connectivity index is 2.09. The summed E-state index contributed by atoms with van der Waals surface area (Å²) in [6.45, 7) is 4.09. The molecule has 112 valence electrons. The van der Waals surface area contributed by atoms with Crippen molar-refractivity contribution in [2.24, 2.45) is 0 Å². The quantitative estimate of drug-likeness (QED) is 0.840. The second-order valence-electron chi connectivity index (χ2n) is 5.11. The van der Waals surface area contributed by atoms with E-state index >= 15 is 0 Å². The normalized spacial score (nSPS) is 22.8. The highest BCUT2D eigenvalue weighted by molar-refractivity contribution is 9.10. The number of ether oxygens (including phenoxy) is 1. The van der Waals surface area contributed by atoms with Gasteiger partial charge in [0.05, 0.1) is 25.0 Å². The summed E-state index contributed by atoms with van der Waals surface area (Å²) in [6, 6.07) is 0.869. The summed E-state index contributed by atoms with van der Waals surface area (Å²) < 4.78 is 6.91. The number of nitrogens with zero attached hydrogens (tertiary/aromatic N) is 2.